The molecule has 0 bridgehead atoms. The van der Waals surface area contributed by atoms with E-state index in [0.717, 1.165) is 5.69 Å². The molecule has 0 spiro atoms. The summed E-state index contributed by atoms with van der Waals surface area (Å²) in [5.74, 6) is -0.854. The molecule has 0 fully saturated rings. The lowest BCUT2D eigenvalue weighted by molar-refractivity contribution is -0.139. The third-order valence-corrected chi connectivity index (χ3v) is 1.82. The fourth-order valence-corrected chi connectivity index (χ4v) is 1.09. The Labute approximate surface area is 76.4 Å². The largest absolute Gasteiger partial charge is 0.480 e. The molecule has 1 aromatic rings. The monoisotopic (exact) mass is 183 g/mol. The fraction of sp³-hybridized carbons (Fsp3) is 0.500. The van der Waals surface area contributed by atoms with Crippen LogP contribution in [0.4, 0.5) is 0 Å². The van der Waals surface area contributed by atoms with Gasteiger partial charge in [0.15, 0.2) is 0 Å². The van der Waals surface area contributed by atoms with Gasteiger partial charge >= 0.3 is 5.97 Å². The van der Waals surface area contributed by atoms with Gasteiger partial charge < -0.3 is 15.0 Å². The van der Waals surface area contributed by atoms with E-state index in [1.54, 1.807) is 17.9 Å². The molecule has 13 heavy (non-hydrogen) atoms. The molecule has 0 aliphatic heterocycles. The number of hydrogen-bond donors (Lipinski definition) is 2. The molecular formula is C8H13N3O2. The van der Waals surface area contributed by atoms with Gasteiger partial charge in [0.1, 0.15) is 6.04 Å². The molecule has 5 nitrogen and oxygen atoms in total. The first-order valence-corrected chi connectivity index (χ1v) is 4.00. The highest BCUT2D eigenvalue weighted by Gasteiger charge is 2.16. The van der Waals surface area contributed by atoms with E-state index in [1.165, 1.54) is 0 Å². The van der Waals surface area contributed by atoms with Crippen LogP contribution in [0.2, 0.25) is 0 Å². The van der Waals surface area contributed by atoms with Crippen molar-refractivity contribution in [1.29, 1.82) is 0 Å². The average Bonchev–Trinajstić information content (AvgIpc) is 2.46. The second-order valence-corrected chi connectivity index (χ2v) is 2.91. The second kappa shape index (κ2) is 4.04. The molecule has 0 aromatic carbocycles. The van der Waals surface area contributed by atoms with Crippen molar-refractivity contribution in [1.82, 2.24) is 14.9 Å². The molecule has 0 aliphatic carbocycles. The summed E-state index contributed by atoms with van der Waals surface area (Å²) >= 11 is 0. The number of nitrogens with zero attached hydrogens (tertiary/aromatic N) is 2. The Hall–Kier alpha value is -1.36. The number of carboxylic acid groups (broad SMARTS) is 1. The van der Waals surface area contributed by atoms with Crippen LogP contribution in [0.3, 0.4) is 0 Å². The highest BCUT2D eigenvalue weighted by molar-refractivity contribution is 5.73. The van der Waals surface area contributed by atoms with Crippen molar-refractivity contribution in [2.75, 3.05) is 7.05 Å². The van der Waals surface area contributed by atoms with Gasteiger partial charge in [-0.05, 0) is 7.05 Å². The van der Waals surface area contributed by atoms with Crippen LogP contribution in [0.5, 0.6) is 0 Å². The van der Waals surface area contributed by atoms with Crippen LogP contribution in [-0.2, 0) is 18.3 Å². The van der Waals surface area contributed by atoms with Crippen molar-refractivity contribution in [2.24, 2.45) is 7.05 Å². The minimum atomic E-state index is -0.854. The molecule has 2 N–H and O–H groups in total. The summed E-state index contributed by atoms with van der Waals surface area (Å²) < 4.78 is 1.80. The minimum Gasteiger partial charge on any atom is -0.480 e. The van der Waals surface area contributed by atoms with Gasteiger partial charge in [0, 0.05) is 19.7 Å². The van der Waals surface area contributed by atoms with E-state index in [-0.39, 0.29) is 0 Å². The van der Waals surface area contributed by atoms with Crippen LogP contribution < -0.4 is 5.32 Å². The quantitative estimate of drug-likeness (QED) is 0.668. The summed E-state index contributed by atoms with van der Waals surface area (Å²) in [6.07, 6.45) is 3.88. The van der Waals surface area contributed by atoms with Crippen molar-refractivity contribution >= 4 is 5.97 Å². The molecular weight excluding hydrogens is 170 g/mol. The zero-order chi connectivity index (χ0) is 9.84. The first kappa shape index (κ1) is 9.73. The number of carboxylic acids is 1. The lowest BCUT2D eigenvalue weighted by Gasteiger charge is -2.08. The van der Waals surface area contributed by atoms with Gasteiger partial charge in [0.05, 0.1) is 12.0 Å². The minimum absolute atomic E-state index is 0.409. The zero-order valence-corrected chi connectivity index (χ0v) is 7.69. The molecule has 5 heteroatoms. The normalized spacial score (nSPS) is 12.8. The van der Waals surface area contributed by atoms with Crippen molar-refractivity contribution in [2.45, 2.75) is 12.5 Å². The average molecular weight is 183 g/mol. The van der Waals surface area contributed by atoms with Crippen molar-refractivity contribution in [3.63, 3.8) is 0 Å². The Bertz CT molecular complexity index is 295. The van der Waals surface area contributed by atoms with Crippen LogP contribution in [0.1, 0.15) is 5.69 Å². The van der Waals surface area contributed by atoms with Gasteiger partial charge in [-0.3, -0.25) is 4.79 Å². The summed E-state index contributed by atoms with van der Waals surface area (Å²) in [7, 11) is 3.48. The van der Waals surface area contributed by atoms with Crippen LogP contribution in [0.25, 0.3) is 0 Å². The van der Waals surface area contributed by atoms with E-state index in [4.69, 9.17) is 5.11 Å². The highest BCUT2D eigenvalue weighted by Crippen LogP contribution is 1.99. The SMILES string of the molecule is CN[C@H](Cc1cn(C)cn1)C(=O)O. The van der Waals surface area contributed by atoms with Crippen molar-refractivity contribution < 1.29 is 9.90 Å². The molecule has 0 saturated heterocycles. The van der Waals surface area contributed by atoms with E-state index in [2.05, 4.69) is 10.3 Å². The molecule has 72 valence electrons. The van der Waals surface area contributed by atoms with E-state index in [9.17, 15) is 4.79 Å². The third-order valence-electron chi connectivity index (χ3n) is 1.82. The van der Waals surface area contributed by atoms with Gasteiger partial charge in [0.25, 0.3) is 0 Å². The molecule has 0 radical (unpaired) electrons. The Balaban J connectivity index is 2.61. The first-order valence-electron chi connectivity index (χ1n) is 4.00. The Kier molecular flexibility index (Phi) is 3.02. The number of carbonyl (C=O) groups is 1. The summed E-state index contributed by atoms with van der Waals surface area (Å²) in [4.78, 5) is 14.7. The lowest BCUT2D eigenvalue weighted by Crippen LogP contribution is -2.35. The van der Waals surface area contributed by atoms with Gasteiger partial charge in [-0.25, -0.2) is 4.98 Å². The van der Waals surface area contributed by atoms with Crippen LogP contribution >= 0.6 is 0 Å². The van der Waals surface area contributed by atoms with Gasteiger partial charge in [-0.15, -0.1) is 0 Å². The van der Waals surface area contributed by atoms with E-state index in [1.807, 2.05) is 13.2 Å². The Morgan fingerprint density at radius 3 is 2.92 bits per heavy atom. The molecule has 1 aromatic heterocycles. The topological polar surface area (TPSA) is 67.2 Å². The summed E-state index contributed by atoms with van der Waals surface area (Å²) in [5, 5.41) is 11.5. The summed E-state index contributed by atoms with van der Waals surface area (Å²) in [6.45, 7) is 0. The summed E-state index contributed by atoms with van der Waals surface area (Å²) in [6, 6.07) is -0.560. The molecule has 0 unspecified atom stereocenters. The van der Waals surface area contributed by atoms with Crippen LogP contribution in [0, 0.1) is 0 Å². The van der Waals surface area contributed by atoms with Gasteiger partial charge in [0.2, 0.25) is 0 Å². The first-order chi connectivity index (χ1) is 6.13. The maximum Gasteiger partial charge on any atom is 0.321 e. The number of aryl methyl sites for hydroxylation is 1. The molecule has 0 saturated carbocycles. The number of likely N-dealkylation sites (N-methyl/N-ethyl adjacent to an activating group) is 1. The summed E-state index contributed by atoms with van der Waals surface area (Å²) in [5.41, 5.74) is 0.782. The van der Waals surface area contributed by atoms with Crippen molar-refractivity contribution in [3.05, 3.63) is 18.2 Å². The van der Waals surface area contributed by atoms with E-state index < -0.39 is 12.0 Å². The number of nitrogens with one attached hydrogen (secondary N) is 1. The standard InChI is InChI=1S/C8H13N3O2/c1-9-7(8(12)13)3-6-4-11(2)5-10-6/h4-5,7,9H,3H2,1-2H3,(H,12,13)/t7-/m1/s1. The molecule has 0 amide bonds. The van der Waals surface area contributed by atoms with E-state index >= 15 is 0 Å². The molecule has 1 atom stereocenters. The smallest absolute Gasteiger partial charge is 0.321 e. The Morgan fingerprint density at radius 2 is 2.54 bits per heavy atom. The predicted molar refractivity (Wildman–Crippen MR) is 47.4 cm³/mol. The lowest BCUT2D eigenvalue weighted by atomic mass is 10.2. The fourth-order valence-electron chi connectivity index (χ4n) is 1.09. The number of imidazole rings is 1. The third kappa shape index (κ3) is 2.55. The maximum absolute atomic E-state index is 10.6. The number of hydrogen-bond acceptors (Lipinski definition) is 3. The maximum atomic E-state index is 10.6. The number of rotatable bonds is 4. The molecule has 1 rings (SSSR count). The molecule has 0 aliphatic rings. The zero-order valence-electron chi connectivity index (χ0n) is 7.69. The number of aliphatic carboxylic acids is 1. The second-order valence-electron chi connectivity index (χ2n) is 2.91. The van der Waals surface area contributed by atoms with E-state index in [0.29, 0.717) is 6.42 Å². The van der Waals surface area contributed by atoms with Gasteiger partial charge in [-0.1, -0.05) is 0 Å². The van der Waals surface area contributed by atoms with Crippen LogP contribution in [-0.4, -0.2) is 33.7 Å². The predicted octanol–water partition coefficient (Wildman–Crippen LogP) is -0.365. The van der Waals surface area contributed by atoms with Crippen LogP contribution in [0.15, 0.2) is 12.5 Å². The molecule has 1 heterocycles. The Morgan fingerprint density at radius 1 is 1.85 bits per heavy atom. The highest BCUT2D eigenvalue weighted by atomic mass is 16.4. The van der Waals surface area contributed by atoms with Crippen molar-refractivity contribution in [3.8, 4) is 0 Å². The van der Waals surface area contributed by atoms with Gasteiger partial charge in [-0.2, -0.15) is 0 Å². The number of aromatic nitrogens is 2.